The Morgan fingerprint density at radius 3 is 1.17 bits per heavy atom. The van der Waals surface area contributed by atoms with Gasteiger partial charge in [0.2, 0.25) is 11.8 Å². The highest BCUT2D eigenvalue weighted by Gasteiger charge is 2.53. The number of hydrogen-bond acceptors (Lipinski definition) is 13. The second-order valence-corrected chi connectivity index (χ2v) is 43.7. The summed E-state index contributed by atoms with van der Waals surface area (Å²) in [5, 5.41) is 16.2. The minimum Gasteiger partial charge on any atom is -0.508 e. The molecule has 0 radical (unpaired) electrons. The number of rotatable bonds is 24. The third kappa shape index (κ3) is 19.8. The minimum absolute atomic E-state index is 0.0575. The van der Waals surface area contributed by atoms with Crippen LogP contribution in [0.1, 0.15) is 193 Å². The van der Waals surface area contributed by atoms with Crippen LogP contribution in [0.4, 0.5) is 29.7 Å². The topological polar surface area (TPSA) is 231 Å². The maximum atomic E-state index is 14.6. The maximum Gasteiger partial charge on any atom is 0.416 e. The lowest BCUT2D eigenvalue weighted by Gasteiger charge is -2.44. The van der Waals surface area contributed by atoms with E-state index in [-0.39, 0.29) is 124 Å². The van der Waals surface area contributed by atoms with Crippen LogP contribution in [0.5, 0.6) is 5.75 Å². The summed E-state index contributed by atoms with van der Waals surface area (Å²) in [5.74, 6) is -1.84. The Labute approximate surface area is 662 Å². The van der Waals surface area contributed by atoms with Gasteiger partial charge in [-0.15, -0.1) is 0 Å². The molecule has 0 spiro atoms. The third-order valence-corrected chi connectivity index (χ3v) is 32.2. The van der Waals surface area contributed by atoms with Gasteiger partial charge in [0.15, 0.2) is 40.7 Å². The molecule has 0 saturated carbocycles. The molecule has 23 heteroatoms. The number of carbonyl (C=O) groups is 8. The molecule has 6 amide bonds. The number of hydrogen-bond donors (Lipinski definition) is 3. The molecule has 0 bridgehead atoms. The molecule has 6 aromatic rings. The largest absolute Gasteiger partial charge is 0.508 e. The van der Waals surface area contributed by atoms with E-state index in [1.165, 1.54) is 40.1 Å². The Hall–Kier alpha value is -9.43. The molecule has 0 unspecified atom stereocenters. The summed E-state index contributed by atoms with van der Waals surface area (Å²) in [6.07, 6.45) is 2.61. The molecule has 19 nitrogen and oxygen atoms in total. The SMILES string of the molecule is CC[C@H](C(=O)N[C@@H](C)C(=O)Cc1ccc(COC(=O)N2c3cc(C)c(C)cc3C(=O)N3C=C(c4ccc(F)cc4)C[C@H]3[C@@H]2O[Si](C)(C)C(C)(C)C)cc1)C(C)C.CC[C@H](C(=O)N[C@@H](C)C(=O)Cc1ccc(COC(=O)N2c3cc(O)c(C)cc3C(=O)N3C=C(c4ccc(F)cc4)C[C@H]3[C@@H]2O[Si](C)(C)C(C)(C)C)cc1)C(C)C. The van der Waals surface area contributed by atoms with Crippen LogP contribution in [-0.4, -0.2) is 116 Å². The zero-order chi connectivity index (χ0) is 82.5. The van der Waals surface area contributed by atoms with Gasteiger partial charge in [0.1, 0.15) is 30.6 Å². The van der Waals surface area contributed by atoms with Crippen molar-refractivity contribution in [2.45, 2.75) is 242 Å². The van der Waals surface area contributed by atoms with Crippen LogP contribution in [0.15, 0.2) is 134 Å². The first kappa shape index (κ1) is 86.6. The molecule has 4 aliphatic rings. The number of benzene rings is 6. The van der Waals surface area contributed by atoms with Gasteiger partial charge in [0.25, 0.3) is 11.8 Å². The van der Waals surface area contributed by atoms with Crippen LogP contribution in [0.3, 0.4) is 0 Å². The quantitative estimate of drug-likeness (QED) is 0.0479. The first-order valence-electron chi connectivity index (χ1n) is 39.1. The standard InChI is InChI=1S/C45H58FN3O6Si.C44H56FN3O7Si/c1-12-36(27(2)3)41(51)47-30(6)40(50)23-31-13-15-32(16-14-31)26-54-44(53)49-38-22-29(5)28(4)21-37(38)42(52)48-25-34(33-17-19-35(46)20-18-33)24-39(48)43(49)55-56(10,11)45(7,8)9;1-11-34(26(2)3)40(51)46-28(5)39(50)21-29-12-14-30(15-13-29)25-54-43(53)48-36-23-38(49)27(4)20-35(36)41(52)47-24-32(31-16-18-33(45)19-17-31)22-37(47)42(48)55-56(9,10)44(6,7)8/h13-22,25,27,30,36,39,43H,12,23-24,26H2,1-11H3,(H,47,51);12-20,23-24,26,28,34,37,42,49H,11,21-22,25H2,1-10H3,(H,46,51)/t30-,36-,39-,43-;28-,34-,37-,42-/m00/s1. The van der Waals surface area contributed by atoms with Crippen molar-refractivity contribution in [3.05, 3.63) is 207 Å². The van der Waals surface area contributed by atoms with Gasteiger partial charge in [0.05, 0.1) is 46.7 Å². The molecule has 0 aromatic heterocycles. The number of ketones is 2. The molecule has 4 aliphatic heterocycles. The van der Waals surface area contributed by atoms with Gasteiger partial charge in [-0.3, -0.25) is 28.8 Å². The van der Waals surface area contributed by atoms with E-state index in [9.17, 15) is 52.2 Å². The highest BCUT2D eigenvalue weighted by Crippen LogP contribution is 2.48. The van der Waals surface area contributed by atoms with E-state index in [1.54, 1.807) is 91.4 Å². The molecular weight excluding hydrogens is 1460 g/mol. The van der Waals surface area contributed by atoms with Gasteiger partial charge in [-0.2, -0.15) is 0 Å². The molecule has 0 fully saturated rings. The van der Waals surface area contributed by atoms with Crippen molar-refractivity contribution in [1.82, 2.24) is 20.4 Å². The molecule has 4 heterocycles. The maximum absolute atomic E-state index is 14.6. The lowest BCUT2D eigenvalue weighted by atomic mass is 9.92. The van der Waals surface area contributed by atoms with Crippen LogP contribution in [0.2, 0.25) is 36.3 Å². The average molecular weight is 1570 g/mol. The fourth-order valence-corrected chi connectivity index (χ4v) is 16.4. The van der Waals surface area contributed by atoms with Crippen molar-refractivity contribution in [3.63, 3.8) is 0 Å². The van der Waals surface area contributed by atoms with Gasteiger partial charge in [-0.1, -0.05) is 156 Å². The number of ether oxygens (including phenoxy) is 2. The highest BCUT2D eigenvalue weighted by atomic mass is 28.4. The lowest BCUT2D eigenvalue weighted by molar-refractivity contribution is -0.130. The Bertz CT molecular complexity index is 4260. The summed E-state index contributed by atoms with van der Waals surface area (Å²) in [7, 11) is -5.24. The van der Waals surface area contributed by atoms with E-state index in [4.69, 9.17) is 18.3 Å². The van der Waals surface area contributed by atoms with Gasteiger partial charge in [-0.25, -0.2) is 28.2 Å². The van der Waals surface area contributed by atoms with Crippen LogP contribution in [0, 0.1) is 56.1 Å². The second-order valence-electron chi connectivity index (χ2n) is 34.2. The second kappa shape index (κ2) is 35.3. The molecule has 0 aliphatic carbocycles. The third-order valence-electron chi connectivity index (χ3n) is 23.3. The molecule has 8 atom stereocenters. The van der Waals surface area contributed by atoms with Crippen molar-refractivity contribution in [3.8, 4) is 5.75 Å². The van der Waals surface area contributed by atoms with Crippen molar-refractivity contribution in [2.75, 3.05) is 9.80 Å². The Balaban J connectivity index is 0.000000257. The lowest BCUT2D eigenvalue weighted by Crippen LogP contribution is -2.57. The van der Waals surface area contributed by atoms with Gasteiger partial charge in [0, 0.05) is 43.1 Å². The van der Waals surface area contributed by atoms with E-state index in [0.29, 0.717) is 48.1 Å². The zero-order valence-corrected chi connectivity index (χ0v) is 71.0. The Kier molecular flexibility index (Phi) is 27.3. The van der Waals surface area contributed by atoms with E-state index >= 15 is 0 Å². The van der Waals surface area contributed by atoms with Crippen LogP contribution in [-0.2, 0) is 63.6 Å². The normalized spacial score (nSPS) is 18.2. The number of aryl methyl sites for hydroxylation is 3. The Morgan fingerprint density at radius 1 is 0.500 bits per heavy atom. The smallest absolute Gasteiger partial charge is 0.416 e. The molecule has 10 rings (SSSR count). The van der Waals surface area contributed by atoms with Crippen molar-refractivity contribution < 1.29 is 70.6 Å². The average Bonchev–Trinajstić information content (AvgIpc) is 1.58. The monoisotopic (exact) mass is 1570 g/mol. The number of anilines is 2. The number of nitrogens with zero attached hydrogens (tertiary/aromatic N) is 4. The van der Waals surface area contributed by atoms with Crippen molar-refractivity contribution in [1.29, 1.82) is 0 Å². The number of Topliss-reactive ketones (excluding diaryl/α,β-unsaturated/α-hetero) is 2. The molecule has 6 aromatic carbocycles. The fourth-order valence-electron chi connectivity index (χ4n) is 14.0. The summed E-state index contributed by atoms with van der Waals surface area (Å²) in [6.45, 7) is 41.7. The number of halogens is 2. The molecule has 112 heavy (non-hydrogen) atoms. The molecule has 600 valence electrons. The zero-order valence-electron chi connectivity index (χ0n) is 69.0. The van der Waals surface area contributed by atoms with Crippen LogP contribution < -0.4 is 20.4 Å². The number of aromatic hydroxyl groups is 1. The van der Waals surface area contributed by atoms with Gasteiger partial charge < -0.3 is 43.9 Å². The number of fused-ring (bicyclic) bond motifs is 4. The summed E-state index contributed by atoms with van der Waals surface area (Å²) < 4.78 is 54.1. The Morgan fingerprint density at radius 2 is 0.830 bits per heavy atom. The molecular formula is C89H114F2N6O13Si2. The summed E-state index contributed by atoms with van der Waals surface area (Å²) in [5.41, 5.74) is 9.51. The van der Waals surface area contributed by atoms with E-state index < -0.39 is 65.4 Å². The predicted octanol–water partition coefficient (Wildman–Crippen LogP) is 18.4. The van der Waals surface area contributed by atoms with E-state index in [1.807, 2.05) is 98.0 Å². The number of phenolic OH excluding ortho intramolecular Hbond substituents is 1. The highest BCUT2D eigenvalue weighted by molar-refractivity contribution is 6.74. The van der Waals surface area contributed by atoms with Crippen LogP contribution in [0.25, 0.3) is 11.1 Å². The summed E-state index contributed by atoms with van der Waals surface area (Å²) in [6, 6.07) is 30.9. The molecule has 0 saturated heterocycles. The first-order chi connectivity index (χ1) is 52.4. The number of amides is 6. The van der Waals surface area contributed by atoms with E-state index in [2.05, 4.69) is 78.4 Å². The number of carbonyl (C=O) groups excluding carboxylic acids is 8. The summed E-state index contributed by atoms with van der Waals surface area (Å²) >= 11 is 0. The fraction of sp³-hybridized carbons (Fsp3) is 0.461. The number of nitrogens with one attached hydrogen (secondary N) is 2. The van der Waals surface area contributed by atoms with Gasteiger partial charge >= 0.3 is 12.2 Å². The van der Waals surface area contributed by atoms with Crippen molar-refractivity contribution >= 4 is 86.5 Å². The number of phenols is 1. The predicted molar refractivity (Wildman–Crippen MR) is 439 cm³/mol. The van der Waals surface area contributed by atoms with Crippen molar-refractivity contribution in [2.24, 2.45) is 23.7 Å². The van der Waals surface area contributed by atoms with E-state index in [0.717, 1.165) is 50.1 Å². The van der Waals surface area contributed by atoms with Gasteiger partial charge in [-0.05, 0) is 212 Å². The summed E-state index contributed by atoms with van der Waals surface area (Å²) in [4.78, 5) is 116. The van der Waals surface area contributed by atoms with Crippen LogP contribution >= 0.6 is 0 Å². The minimum atomic E-state index is -2.65. The molecule has 3 N–H and O–H groups in total. The first-order valence-corrected chi connectivity index (χ1v) is 44.9.